The van der Waals surface area contributed by atoms with E-state index < -0.39 is 0 Å². The summed E-state index contributed by atoms with van der Waals surface area (Å²) in [6.45, 7) is 3.54. The topological polar surface area (TPSA) is 46.2 Å². The zero-order valence-electron chi connectivity index (χ0n) is 9.04. The van der Waals surface area contributed by atoms with Gasteiger partial charge in [-0.1, -0.05) is 25.1 Å². The van der Waals surface area contributed by atoms with Crippen LogP contribution in [0.2, 0.25) is 0 Å². The van der Waals surface area contributed by atoms with Crippen LogP contribution in [0.15, 0.2) is 24.3 Å². The van der Waals surface area contributed by atoms with E-state index in [1.165, 1.54) is 6.92 Å². The molecule has 1 amide bonds. The van der Waals surface area contributed by atoms with Gasteiger partial charge in [0.15, 0.2) is 0 Å². The first-order chi connectivity index (χ1) is 7.15. The van der Waals surface area contributed by atoms with E-state index in [9.17, 15) is 9.59 Å². The maximum absolute atomic E-state index is 11.7. The minimum Gasteiger partial charge on any atom is -0.345 e. The number of aryl methyl sites for hydroxylation is 1. The van der Waals surface area contributed by atoms with E-state index in [0.717, 1.165) is 12.0 Å². The normalized spacial score (nSPS) is 9.73. The van der Waals surface area contributed by atoms with E-state index in [1.54, 1.807) is 6.07 Å². The van der Waals surface area contributed by atoms with Gasteiger partial charge in [-0.2, -0.15) is 0 Å². The number of benzene rings is 1. The first kappa shape index (κ1) is 11.4. The predicted octanol–water partition coefficient (Wildman–Crippen LogP) is 1.57. The van der Waals surface area contributed by atoms with E-state index in [4.69, 9.17) is 0 Å². The first-order valence-electron chi connectivity index (χ1n) is 5.00. The molecule has 0 aliphatic heterocycles. The van der Waals surface area contributed by atoms with Crippen LogP contribution >= 0.6 is 0 Å². The fourth-order valence-electron chi connectivity index (χ4n) is 1.35. The zero-order valence-corrected chi connectivity index (χ0v) is 9.04. The van der Waals surface area contributed by atoms with Gasteiger partial charge in [-0.15, -0.1) is 0 Å². The highest BCUT2D eigenvalue weighted by molar-refractivity contribution is 5.97. The van der Waals surface area contributed by atoms with Crippen LogP contribution in [-0.2, 0) is 11.2 Å². The maximum atomic E-state index is 11.7. The molecule has 80 valence electrons. The third-order valence-corrected chi connectivity index (χ3v) is 2.14. The molecule has 0 spiro atoms. The van der Waals surface area contributed by atoms with Gasteiger partial charge < -0.3 is 5.32 Å². The lowest BCUT2D eigenvalue weighted by Crippen LogP contribution is -2.28. The fourth-order valence-corrected chi connectivity index (χ4v) is 1.35. The quantitative estimate of drug-likeness (QED) is 0.811. The van der Waals surface area contributed by atoms with Crippen LogP contribution in [0.25, 0.3) is 0 Å². The predicted molar refractivity (Wildman–Crippen MR) is 58.8 cm³/mol. The highest BCUT2D eigenvalue weighted by atomic mass is 16.2. The number of carbonyl (C=O) groups is 2. The van der Waals surface area contributed by atoms with Crippen molar-refractivity contribution in [1.29, 1.82) is 0 Å². The molecule has 1 N–H and O–H groups in total. The van der Waals surface area contributed by atoms with Crippen LogP contribution in [0.4, 0.5) is 0 Å². The number of ketones is 1. The summed E-state index contributed by atoms with van der Waals surface area (Å²) in [5.74, 6) is -0.222. The molecule has 0 atom stereocenters. The average Bonchev–Trinajstić information content (AvgIpc) is 2.25. The van der Waals surface area contributed by atoms with E-state index >= 15 is 0 Å². The van der Waals surface area contributed by atoms with Gasteiger partial charge in [-0.25, -0.2) is 0 Å². The van der Waals surface area contributed by atoms with Gasteiger partial charge >= 0.3 is 0 Å². The first-order valence-corrected chi connectivity index (χ1v) is 5.00. The number of carbonyl (C=O) groups excluding carboxylic acids is 2. The van der Waals surface area contributed by atoms with Crippen molar-refractivity contribution in [3.05, 3.63) is 35.4 Å². The molecule has 0 saturated heterocycles. The molecule has 3 nitrogen and oxygen atoms in total. The van der Waals surface area contributed by atoms with Crippen LogP contribution < -0.4 is 5.32 Å². The summed E-state index contributed by atoms with van der Waals surface area (Å²) in [5, 5.41) is 2.58. The lowest BCUT2D eigenvalue weighted by molar-refractivity contribution is -0.116. The number of nitrogens with one attached hydrogen (secondary N) is 1. The molecule has 0 heterocycles. The average molecular weight is 205 g/mol. The van der Waals surface area contributed by atoms with Crippen LogP contribution in [0, 0.1) is 0 Å². The van der Waals surface area contributed by atoms with Crippen molar-refractivity contribution in [2.75, 3.05) is 6.54 Å². The van der Waals surface area contributed by atoms with Gasteiger partial charge in [0, 0.05) is 5.56 Å². The second kappa shape index (κ2) is 5.29. The number of hydrogen-bond donors (Lipinski definition) is 1. The summed E-state index contributed by atoms with van der Waals surface area (Å²) in [5.41, 5.74) is 1.65. The molecule has 15 heavy (non-hydrogen) atoms. The Morgan fingerprint density at radius 1 is 1.27 bits per heavy atom. The number of rotatable bonds is 4. The summed E-state index contributed by atoms with van der Waals surface area (Å²) >= 11 is 0. The highest BCUT2D eigenvalue weighted by Gasteiger charge is 2.09. The molecule has 0 unspecified atom stereocenters. The minimum atomic E-state index is -0.178. The number of Topliss-reactive ketones (excluding diaryl/α,β-unsaturated/α-hetero) is 1. The van der Waals surface area contributed by atoms with Crippen molar-refractivity contribution in [3.8, 4) is 0 Å². The smallest absolute Gasteiger partial charge is 0.251 e. The molecule has 0 saturated carbocycles. The van der Waals surface area contributed by atoms with E-state index in [-0.39, 0.29) is 18.2 Å². The highest BCUT2D eigenvalue weighted by Crippen LogP contribution is 2.08. The number of hydrogen-bond acceptors (Lipinski definition) is 2. The SMILES string of the molecule is CCc1ccccc1C(=O)NCC(C)=O. The summed E-state index contributed by atoms with van der Waals surface area (Å²) < 4.78 is 0. The third kappa shape index (κ3) is 3.20. The molecule has 0 aliphatic carbocycles. The Morgan fingerprint density at radius 2 is 1.93 bits per heavy atom. The van der Waals surface area contributed by atoms with Gasteiger partial charge in [-0.05, 0) is 25.0 Å². The van der Waals surface area contributed by atoms with Crippen LogP contribution in [0.5, 0.6) is 0 Å². The molecule has 0 aliphatic rings. The Balaban J connectivity index is 2.77. The Labute approximate surface area is 89.5 Å². The van der Waals surface area contributed by atoms with Crippen LogP contribution in [-0.4, -0.2) is 18.2 Å². The molecule has 1 rings (SSSR count). The molecule has 0 aromatic heterocycles. The maximum Gasteiger partial charge on any atom is 0.251 e. The molecular formula is C12H15NO2. The van der Waals surface area contributed by atoms with Crippen molar-refractivity contribution in [1.82, 2.24) is 5.32 Å². The summed E-state index contributed by atoms with van der Waals surface area (Å²) in [6, 6.07) is 7.42. The summed E-state index contributed by atoms with van der Waals surface area (Å²) in [6.07, 6.45) is 0.809. The van der Waals surface area contributed by atoms with Crippen LogP contribution in [0.1, 0.15) is 29.8 Å². The molecule has 0 bridgehead atoms. The molecule has 1 aromatic carbocycles. The fraction of sp³-hybridized carbons (Fsp3) is 0.333. The van der Waals surface area contributed by atoms with Gasteiger partial charge in [0.2, 0.25) is 0 Å². The Morgan fingerprint density at radius 3 is 2.53 bits per heavy atom. The van der Waals surface area contributed by atoms with E-state index in [2.05, 4.69) is 5.32 Å². The van der Waals surface area contributed by atoms with Gasteiger partial charge in [0.25, 0.3) is 5.91 Å². The minimum absolute atomic E-state index is 0.0441. The monoisotopic (exact) mass is 205 g/mol. The second-order valence-corrected chi connectivity index (χ2v) is 3.40. The Hall–Kier alpha value is -1.64. The molecule has 1 aromatic rings. The molecular weight excluding hydrogens is 190 g/mol. The van der Waals surface area contributed by atoms with E-state index in [0.29, 0.717) is 5.56 Å². The Kier molecular flexibility index (Phi) is 4.03. The zero-order chi connectivity index (χ0) is 11.3. The van der Waals surface area contributed by atoms with Crippen molar-refractivity contribution >= 4 is 11.7 Å². The van der Waals surface area contributed by atoms with Crippen molar-refractivity contribution in [3.63, 3.8) is 0 Å². The summed E-state index contributed by atoms with van der Waals surface area (Å²) in [4.78, 5) is 22.4. The Bertz CT molecular complexity index is 372. The molecule has 3 heteroatoms. The second-order valence-electron chi connectivity index (χ2n) is 3.40. The van der Waals surface area contributed by atoms with Crippen molar-refractivity contribution in [2.24, 2.45) is 0 Å². The molecule has 0 radical (unpaired) electrons. The largest absolute Gasteiger partial charge is 0.345 e. The lowest BCUT2D eigenvalue weighted by atomic mass is 10.0. The third-order valence-electron chi connectivity index (χ3n) is 2.14. The van der Waals surface area contributed by atoms with Gasteiger partial charge in [-0.3, -0.25) is 9.59 Å². The lowest BCUT2D eigenvalue weighted by Gasteiger charge is -2.07. The summed E-state index contributed by atoms with van der Waals surface area (Å²) in [7, 11) is 0. The van der Waals surface area contributed by atoms with Crippen molar-refractivity contribution < 1.29 is 9.59 Å². The number of amides is 1. The van der Waals surface area contributed by atoms with Gasteiger partial charge in [0.05, 0.1) is 6.54 Å². The van der Waals surface area contributed by atoms with Crippen molar-refractivity contribution in [2.45, 2.75) is 20.3 Å². The molecule has 0 fully saturated rings. The standard InChI is InChI=1S/C12H15NO2/c1-3-10-6-4-5-7-11(10)12(15)13-8-9(2)14/h4-7H,3,8H2,1-2H3,(H,13,15). The van der Waals surface area contributed by atoms with Gasteiger partial charge in [0.1, 0.15) is 5.78 Å². The van der Waals surface area contributed by atoms with E-state index in [1.807, 2.05) is 25.1 Å². The van der Waals surface area contributed by atoms with Crippen LogP contribution in [0.3, 0.4) is 0 Å².